The molecule has 2 amide bonds. The van der Waals surface area contributed by atoms with Crippen LogP contribution in [0, 0.1) is 0 Å². The van der Waals surface area contributed by atoms with Crippen molar-refractivity contribution in [3.63, 3.8) is 0 Å². The van der Waals surface area contributed by atoms with Crippen molar-refractivity contribution in [2.24, 2.45) is 0 Å². The molecule has 2 aromatic rings. The van der Waals surface area contributed by atoms with E-state index in [4.69, 9.17) is 11.6 Å². The molecule has 1 aromatic carbocycles. The first-order valence-corrected chi connectivity index (χ1v) is 9.09. The zero-order valence-corrected chi connectivity index (χ0v) is 14.4. The molecule has 23 heavy (non-hydrogen) atoms. The standard InChI is InChI=1S/C17H19ClN2O2S/c18-15-12-7-3-4-8-13(12)23-16(15)17(22)19-11-14(21)20-9-5-1-2-6-10-20/h3-4,7-8H,1-2,5-6,9-11H2,(H,19,22). The molecule has 1 aliphatic heterocycles. The Bertz CT molecular complexity index is 720. The Morgan fingerprint density at radius 2 is 1.83 bits per heavy atom. The van der Waals surface area contributed by atoms with Crippen LogP contribution in [0.25, 0.3) is 10.1 Å². The van der Waals surface area contributed by atoms with Gasteiger partial charge in [-0.15, -0.1) is 11.3 Å². The van der Waals surface area contributed by atoms with E-state index >= 15 is 0 Å². The van der Waals surface area contributed by atoms with Crippen LogP contribution in [0.2, 0.25) is 5.02 Å². The third kappa shape index (κ3) is 3.67. The molecule has 4 nitrogen and oxygen atoms in total. The van der Waals surface area contributed by atoms with Gasteiger partial charge in [0.15, 0.2) is 0 Å². The van der Waals surface area contributed by atoms with Crippen LogP contribution in [0.1, 0.15) is 35.4 Å². The minimum absolute atomic E-state index is 0.0162. The third-order valence-electron chi connectivity index (χ3n) is 4.10. The number of carbonyl (C=O) groups is 2. The summed E-state index contributed by atoms with van der Waals surface area (Å²) in [6, 6.07) is 7.64. The summed E-state index contributed by atoms with van der Waals surface area (Å²) in [5.41, 5.74) is 0. The maximum atomic E-state index is 12.3. The van der Waals surface area contributed by atoms with Gasteiger partial charge in [0, 0.05) is 23.2 Å². The van der Waals surface area contributed by atoms with Gasteiger partial charge in [0.25, 0.3) is 5.91 Å². The molecule has 6 heteroatoms. The first-order valence-electron chi connectivity index (χ1n) is 7.90. The SMILES string of the molecule is O=C(NCC(=O)N1CCCCCC1)c1sc2ccccc2c1Cl. The predicted octanol–water partition coefficient (Wildman–Crippen LogP) is 3.69. The second-order valence-corrected chi connectivity index (χ2v) is 7.15. The molecular weight excluding hydrogens is 332 g/mol. The first kappa shape index (κ1) is 16.3. The summed E-state index contributed by atoms with van der Waals surface area (Å²) in [4.78, 5) is 26.9. The number of benzene rings is 1. The number of nitrogens with one attached hydrogen (secondary N) is 1. The van der Waals surface area contributed by atoms with Crippen LogP contribution in [0.3, 0.4) is 0 Å². The van der Waals surface area contributed by atoms with E-state index in [9.17, 15) is 9.59 Å². The van der Waals surface area contributed by atoms with Crippen molar-refractivity contribution >= 4 is 44.8 Å². The Morgan fingerprint density at radius 1 is 1.13 bits per heavy atom. The maximum absolute atomic E-state index is 12.3. The molecule has 0 saturated carbocycles. The number of halogens is 1. The third-order valence-corrected chi connectivity index (χ3v) is 5.77. The lowest BCUT2D eigenvalue weighted by Gasteiger charge is -2.20. The Kier molecular flexibility index (Phi) is 5.18. The normalized spacial score (nSPS) is 15.4. The molecule has 0 aliphatic carbocycles. The van der Waals surface area contributed by atoms with E-state index in [0.717, 1.165) is 36.0 Å². The van der Waals surface area contributed by atoms with Gasteiger partial charge in [-0.1, -0.05) is 42.6 Å². The fourth-order valence-electron chi connectivity index (χ4n) is 2.83. The predicted molar refractivity (Wildman–Crippen MR) is 94.2 cm³/mol. The number of thiophene rings is 1. The molecule has 1 saturated heterocycles. The monoisotopic (exact) mass is 350 g/mol. The van der Waals surface area contributed by atoms with Crippen molar-refractivity contribution in [1.29, 1.82) is 0 Å². The van der Waals surface area contributed by atoms with Crippen molar-refractivity contribution in [3.8, 4) is 0 Å². The lowest BCUT2D eigenvalue weighted by Crippen LogP contribution is -2.40. The molecule has 1 aromatic heterocycles. The van der Waals surface area contributed by atoms with E-state index in [1.807, 2.05) is 29.2 Å². The average Bonchev–Trinajstić information content (AvgIpc) is 2.76. The van der Waals surface area contributed by atoms with Crippen molar-refractivity contribution < 1.29 is 9.59 Å². The molecule has 3 rings (SSSR count). The lowest BCUT2D eigenvalue weighted by atomic mass is 10.2. The number of nitrogens with zero attached hydrogens (tertiary/aromatic N) is 1. The van der Waals surface area contributed by atoms with E-state index in [-0.39, 0.29) is 18.4 Å². The Labute approximate surface area is 144 Å². The van der Waals surface area contributed by atoms with E-state index in [2.05, 4.69) is 5.32 Å². The number of hydrogen-bond donors (Lipinski definition) is 1. The van der Waals surface area contributed by atoms with Crippen molar-refractivity contribution in [2.75, 3.05) is 19.6 Å². The molecule has 122 valence electrons. The molecule has 0 unspecified atom stereocenters. The van der Waals surface area contributed by atoms with Gasteiger partial charge in [0.2, 0.25) is 5.91 Å². The molecule has 0 atom stereocenters. The van der Waals surface area contributed by atoms with Crippen LogP contribution in [-0.2, 0) is 4.79 Å². The van der Waals surface area contributed by atoms with E-state index in [0.29, 0.717) is 9.90 Å². The summed E-state index contributed by atoms with van der Waals surface area (Å²) in [6.45, 7) is 1.61. The number of hydrogen-bond acceptors (Lipinski definition) is 3. The highest BCUT2D eigenvalue weighted by Gasteiger charge is 2.19. The van der Waals surface area contributed by atoms with Gasteiger partial charge in [-0.3, -0.25) is 9.59 Å². The smallest absolute Gasteiger partial charge is 0.263 e. The number of fused-ring (bicyclic) bond motifs is 1. The van der Waals surface area contributed by atoms with Crippen molar-refractivity contribution in [2.45, 2.75) is 25.7 Å². The minimum atomic E-state index is -0.278. The quantitative estimate of drug-likeness (QED) is 0.917. The highest BCUT2D eigenvalue weighted by atomic mass is 35.5. The van der Waals surface area contributed by atoms with Crippen LogP contribution in [0.4, 0.5) is 0 Å². The van der Waals surface area contributed by atoms with Crippen LogP contribution in [-0.4, -0.2) is 36.3 Å². The van der Waals surface area contributed by atoms with E-state index in [1.54, 1.807) is 0 Å². The Morgan fingerprint density at radius 3 is 2.52 bits per heavy atom. The molecule has 0 bridgehead atoms. The number of carbonyl (C=O) groups excluding carboxylic acids is 2. The average molecular weight is 351 g/mol. The Balaban J connectivity index is 1.64. The highest BCUT2D eigenvalue weighted by Crippen LogP contribution is 2.34. The van der Waals surface area contributed by atoms with Gasteiger partial charge < -0.3 is 10.2 Å². The van der Waals surface area contributed by atoms with Gasteiger partial charge in [-0.25, -0.2) is 0 Å². The topological polar surface area (TPSA) is 49.4 Å². The molecular formula is C17H19ClN2O2S. The van der Waals surface area contributed by atoms with Gasteiger partial charge in [-0.05, 0) is 18.9 Å². The fourth-order valence-corrected chi connectivity index (χ4v) is 4.26. The molecule has 0 radical (unpaired) electrons. The number of amides is 2. The minimum Gasteiger partial charge on any atom is -0.342 e. The van der Waals surface area contributed by atoms with Crippen LogP contribution < -0.4 is 5.32 Å². The van der Waals surface area contributed by atoms with Crippen LogP contribution in [0.15, 0.2) is 24.3 Å². The summed E-state index contributed by atoms with van der Waals surface area (Å²) in [5.74, 6) is -0.295. The van der Waals surface area contributed by atoms with Crippen LogP contribution in [0.5, 0.6) is 0 Å². The summed E-state index contributed by atoms with van der Waals surface area (Å²) in [7, 11) is 0. The number of rotatable bonds is 3. The summed E-state index contributed by atoms with van der Waals surface area (Å²) >= 11 is 7.65. The van der Waals surface area contributed by atoms with Gasteiger partial charge in [0.1, 0.15) is 4.88 Å². The van der Waals surface area contributed by atoms with Crippen molar-refractivity contribution in [3.05, 3.63) is 34.2 Å². The zero-order chi connectivity index (χ0) is 16.2. The zero-order valence-electron chi connectivity index (χ0n) is 12.8. The second-order valence-electron chi connectivity index (χ2n) is 5.72. The van der Waals surface area contributed by atoms with E-state index < -0.39 is 0 Å². The number of likely N-dealkylation sites (tertiary alicyclic amines) is 1. The largest absolute Gasteiger partial charge is 0.342 e. The van der Waals surface area contributed by atoms with Gasteiger partial charge >= 0.3 is 0 Å². The fraction of sp³-hybridized carbons (Fsp3) is 0.412. The molecule has 0 spiro atoms. The highest BCUT2D eigenvalue weighted by molar-refractivity contribution is 7.21. The molecule has 1 fully saturated rings. The Hall–Kier alpha value is -1.59. The summed E-state index contributed by atoms with van der Waals surface area (Å²) in [5, 5.41) is 4.06. The summed E-state index contributed by atoms with van der Waals surface area (Å²) < 4.78 is 0.974. The molecule has 2 heterocycles. The molecule has 1 aliphatic rings. The maximum Gasteiger partial charge on any atom is 0.263 e. The first-order chi connectivity index (χ1) is 11.2. The lowest BCUT2D eigenvalue weighted by molar-refractivity contribution is -0.130. The van der Waals surface area contributed by atoms with Gasteiger partial charge in [-0.2, -0.15) is 0 Å². The van der Waals surface area contributed by atoms with Crippen molar-refractivity contribution in [1.82, 2.24) is 10.2 Å². The van der Waals surface area contributed by atoms with E-state index in [1.165, 1.54) is 24.2 Å². The molecule has 1 N–H and O–H groups in total. The summed E-state index contributed by atoms with van der Waals surface area (Å²) in [6.07, 6.45) is 4.44. The van der Waals surface area contributed by atoms with Gasteiger partial charge in [0.05, 0.1) is 11.6 Å². The second kappa shape index (κ2) is 7.32. The van der Waals surface area contributed by atoms with Crippen LogP contribution >= 0.6 is 22.9 Å².